The number of aromatic nitrogens is 1. The third-order valence-electron chi connectivity index (χ3n) is 5.34. The van der Waals surface area contributed by atoms with Crippen LogP contribution in [0.15, 0.2) is 29.2 Å². The number of carbonyl (C=O) groups is 1. The van der Waals surface area contributed by atoms with Crippen molar-refractivity contribution >= 4 is 5.97 Å². The first-order chi connectivity index (χ1) is 12.5. The predicted molar refractivity (Wildman–Crippen MR) is 95.5 cm³/mol. The molecule has 0 radical (unpaired) electrons. The zero-order valence-electron chi connectivity index (χ0n) is 14.6. The van der Waals surface area contributed by atoms with Gasteiger partial charge >= 0.3 is 5.97 Å². The number of nitrogens with zero attached hydrogens (tertiary/aromatic N) is 1. The Bertz CT molecular complexity index is 950. The SMILES string of the molecule is COc1cc2c(cc1OC)C1CNCCC1n1cc(C(=O)O)c(=O)cc1-2. The summed E-state index contributed by atoms with van der Waals surface area (Å²) < 4.78 is 12.8. The highest BCUT2D eigenvalue weighted by Crippen LogP contribution is 2.48. The molecule has 1 saturated heterocycles. The van der Waals surface area contributed by atoms with Crippen LogP contribution in [-0.4, -0.2) is 43.0 Å². The monoisotopic (exact) mass is 356 g/mol. The molecule has 4 rings (SSSR count). The Kier molecular flexibility index (Phi) is 3.96. The lowest BCUT2D eigenvalue weighted by Gasteiger charge is -2.41. The van der Waals surface area contributed by atoms with E-state index in [0.29, 0.717) is 11.5 Å². The normalized spacial score (nSPS) is 20.5. The molecule has 0 spiro atoms. The Hall–Kier alpha value is -2.80. The summed E-state index contributed by atoms with van der Waals surface area (Å²) in [5, 5.41) is 12.8. The summed E-state index contributed by atoms with van der Waals surface area (Å²) >= 11 is 0. The molecular weight excluding hydrogens is 336 g/mol. The summed E-state index contributed by atoms with van der Waals surface area (Å²) in [6.07, 6.45) is 2.34. The van der Waals surface area contributed by atoms with Crippen LogP contribution in [0.4, 0.5) is 0 Å². The smallest absolute Gasteiger partial charge is 0.341 e. The number of aromatic carboxylic acids is 1. The van der Waals surface area contributed by atoms with Crippen LogP contribution < -0.4 is 20.2 Å². The summed E-state index contributed by atoms with van der Waals surface area (Å²) in [6.45, 7) is 1.62. The van der Waals surface area contributed by atoms with E-state index < -0.39 is 11.4 Å². The van der Waals surface area contributed by atoms with Gasteiger partial charge in [0.25, 0.3) is 0 Å². The van der Waals surface area contributed by atoms with Crippen molar-refractivity contribution in [3.05, 3.63) is 45.7 Å². The molecule has 1 fully saturated rings. The molecule has 1 aromatic heterocycles. The number of methoxy groups -OCH3 is 2. The molecule has 26 heavy (non-hydrogen) atoms. The summed E-state index contributed by atoms with van der Waals surface area (Å²) in [5.74, 6) is 0.187. The molecule has 0 saturated carbocycles. The Balaban J connectivity index is 2.02. The van der Waals surface area contributed by atoms with Crippen LogP contribution in [0.1, 0.15) is 34.3 Å². The van der Waals surface area contributed by atoms with Crippen molar-refractivity contribution in [3.63, 3.8) is 0 Å². The minimum atomic E-state index is -1.20. The fourth-order valence-electron chi connectivity index (χ4n) is 4.12. The fourth-order valence-corrected chi connectivity index (χ4v) is 4.12. The Morgan fingerprint density at radius 3 is 2.65 bits per heavy atom. The van der Waals surface area contributed by atoms with E-state index in [4.69, 9.17) is 9.47 Å². The molecule has 2 unspecified atom stereocenters. The van der Waals surface area contributed by atoms with E-state index in [9.17, 15) is 14.7 Å². The van der Waals surface area contributed by atoms with Crippen molar-refractivity contribution in [3.8, 4) is 22.8 Å². The number of fused-ring (bicyclic) bond motifs is 6. The van der Waals surface area contributed by atoms with Gasteiger partial charge in [-0.1, -0.05) is 0 Å². The van der Waals surface area contributed by atoms with Crippen molar-refractivity contribution in [1.29, 1.82) is 0 Å². The van der Waals surface area contributed by atoms with Crippen molar-refractivity contribution in [2.45, 2.75) is 18.4 Å². The summed E-state index contributed by atoms with van der Waals surface area (Å²) in [6, 6.07) is 5.35. The van der Waals surface area contributed by atoms with Gasteiger partial charge in [0, 0.05) is 36.3 Å². The summed E-state index contributed by atoms with van der Waals surface area (Å²) in [5.41, 5.74) is 2.00. The number of hydrogen-bond donors (Lipinski definition) is 2. The maximum absolute atomic E-state index is 12.3. The number of nitrogens with one attached hydrogen (secondary N) is 1. The number of hydrogen-bond acceptors (Lipinski definition) is 5. The lowest BCUT2D eigenvalue weighted by atomic mass is 9.79. The minimum Gasteiger partial charge on any atom is -0.493 e. The van der Waals surface area contributed by atoms with E-state index in [0.717, 1.165) is 36.3 Å². The number of pyridine rings is 1. The van der Waals surface area contributed by atoms with Gasteiger partial charge < -0.3 is 24.5 Å². The first kappa shape index (κ1) is 16.7. The molecule has 2 aromatic rings. The summed E-state index contributed by atoms with van der Waals surface area (Å²) in [7, 11) is 3.17. The van der Waals surface area contributed by atoms with Crippen LogP contribution in [0, 0.1) is 0 Å². The van der Waals surface area contributed by atoms with Gasteiger partial charge in [0.15, 0.2) is 16.9 Å². The van der Waals surface area contributed by atoms with Gasteiger partial charge in [-0.15, -0.1) is 0 Å². The van der Waals surface area contributed by atoms with Crippen molar-refractivity contribution in [2.75, 3.05) is 27.3 Å². The topological polar surface area (TPSA) is 89.8 Å². The zero-order chi connectivity index (χ0) is 18.4. The Labute approximate surface area is 150 Å². The molecule has 7 heteroatoms. The van der Waals surface area contributed by atoms with E-state index in [2.05, 4.69) is 5.32 Å². The van der Waals surface area contributed by atoms with E-state index in [-0.39, 0.29) is 17.5 Å². The van der Waals surface area contributed by atoms with Gasteiger partial charge in [-0.2, -0.15) is 0 Å². The molecule has 2 atom stereocenters. The molecule has 2 aliphatic rings. The number of benzene rings is 1. The Morgan fingerprint density at radius 2 is 1.96 bits per heavy atom. The van der Waals surface area contributed by atoms with Crippen LogP contribution in [0.5, 0.6) is 11.5 Å². The highest BCUT2D eigenvalue weighted by atomic mass is 16.5. The second-order valence-electron chi connectivity index (χ2n) is 6.61. The first-order valence-corrected chi connectivity index (χ1v) is 8.51. The second-order valence-corrected chi connectivity index (χ2v) is 6.61. The van der Waals surface area contributed by atoms with Crippen molar-refractivity contribution < 1.29 is 19.4 Å². The molecule has 2 aliphatic heterocycles. The van der Waals surface area contributed by atoms with E-state index in [1.807, 2.05) is 16.7 Å². The van der Waals surface area contributed by atoms with Crippen LogP contribution in [0.3, 0.4) is 0 Å². The van der Waals surface area contributed by atoms with Crippen LogP contribution in [0.2, 0.25) is 0 Å². The maximum Gasteiger partial charge on any atom is 0.341 e. The van der Waals surface area contributed by atoms with Crippen LogP contribution in [-0.2, 0) is 0 Å². The maximum atomic E-state index is 12.3. The van der Waals surface area contributed by atoms with Gasteiger partial charge in [-0.25, -0.2) is 4.79 Å². The molecule has 0 aliphatic carbocycles. The highest BCUT2D eigenvalue weighted by molar-refractivity contribution is 5.88. The lowest BCUT2D eigenvalue weighted by molar-refractivity contribution is 0.0694. The molecule has 2 N–H and O–H groups in total. The predicted octanol–water partition coefficient (Wildman–Crippen LogP) is 1.86. The van der Waals surface area contributed by atoms with Crippen LogP contribution >= 0.6 is 0 Å². The number of rotatable bonds is 3. The number of carboxylic acids is 1. The molecule has 3 heterocycles. The average molecular weight is 356 g/mol. The van der Waals surface area contributed by atoms with Gasteiger partial charge in [0.1, 0.15) is 5.56 Å². The third-order valence-corrected chi connectivity index (χ3v) is 5.34. The number of ether oxygens (including phenoxy) is 2. The largest absolute Gasteiger partial charge is 0.493 e. The van der Waals surface area contributed by atoms with Crippen LogP contribution in [0.25, 0.3) is 11.3 Å². The lowest BCUT2D eigenvalue weighted by Crippen LogP contribution is -2.40. The van der Waals surface area contributed by atoms with Crippen molar-refractivity contribution in [1.82, 2.24) is 9.88 Å². The quantitative estimate of drug-likeness (QED) is 0.873. The molecule has 0 amide bonds. The van der Waals surface area contributed by atoms with Crippen molar-refractivity contribution in [2.24, 2.45) is 0 Å². The van der Waals surface area contributed by atoms with E-state index in [1.54, 1.807) is 14.2 Å². The molecule has 0 bridgehead atoms. The molecule has 136 valence electrons. The molecule has 1 aromatic carbocycles. The van der Waals surface area contributed by atoms with Gasteiger partial charge in [-0.3, -0.25) is 4.79 Å². The number of carboxylic acid groups (broad SMARTS) is 1. The van der Waals surface area contributed by atoms with E-state index >= 15 is 0 Å². The summed E-state index contributed by atoms with van der Waals surface area (Å²) in [4.78, 5) is 23.8. The standard InChI is InChI=1S/C19H20N2O5/c1-25-17-5-10-11(6-18(17)26-2)15-7-16(22)13(19(23)24)9-21(15)14-3-4-20-8-12(10)14/h5-7,9,12,14,20H,3-4,8H2,1-2H3,(H,23,24). The zero-order valence-corrected chi connectivity index (χ0v) is 14.6. The van der Waals surface area contributed by atoms with Gasteiger partial charge in [0.05, 0.1) is 19.9 Å². The van der Waals surface area contributed by atoms with E-state index in [1.165, 1.54) is 12.3 Å². The second kappa shape index (κ2) is 6.17. The minimum absolute atomic E-state index is 0.0931. The first-order valence-electron chi connectivity index (χ1n) is 8.51. The fraction of sp³-hybridized carbons (Fsp3) is 0.368. The number of piperidine rings is 1. The molecule has 7 nitrogen and oxygen atoms in total. The van der Waals surface area contributed by atoms with Gasteiger partial charge in [0.2, 0.25) is 0 Å². The third kappa shape index (κ3) is 2.39. The average Bonchev–Trinajstić information content (AvgIpc) is 2.66. The van der Waals surface area contributed by atoms with Gasteiger partial charge in [-0.05, 0) is 30.7 Å². The Morgan fingerprint density at radius 1 is 1.23 bits per heavy atom. The highest BCUT2D eigenvalue weighted by Gasteiger charge is 2.36. The molecular formula is C19H20N2O5.